The lowest BCUT2D eigenvalue weighted by molar-refractivity contribution is -0.132. The van der Waals surface area contributed by atoms with Gasteiger partial charge in [-0.3, -0.25) is 9.69 Å². The summed E-state index contributed by atoms with van der Waals surface area (Å²) in [5.74, 6) is 0.236. The number of likely N-dealkylation sites (N-methyl/N-ethyl adjacent to an activating group) is 1. The second kappa shape index (κ2) is 6.08. The Morgan fingerprint density at radius 3 is 2.67 bits per heavy atom. The van der Waals surface area contributed by atoms with Gasteiger partial charge >= 0.3 is 0 Å². The quantitative estimate of drug-likeness (QED) is 0.713. The highest BCUT2D eigenvalue weighted by molar-refractivity contribution is 5.78. The summed E-state index contributed by atoms with van der Waals surface area (Å²) < 4.78 is 0. The van der Waals surface area contributed by atoms with Crippen molar-refractivity contribution in [2.75, 3.05) is 32.7 Å². The van der Waals surface area contributed by atoms with Gasteiger partial charge in [0, 0.05) is 25.7 Å². The first-order chi connectivity index (χ1) is 7.22. The molecule has 0 aromatic carbocycles. The van der Waals surface area contributed by atoms with Gasteiger partial charge < -0.3 is 10.6 Å². The van der Waals surface area contributed by atoms with E-state index in [2.05, 4.69) is 4.90 Å². The average Bonchev–Trinajstić information content (AvgIpc) is 2.67. The smallest absolute Gasteiger partial charge is 0.236 e. The number of rotatable bonds is 5. The van der Waals surface area contributed by atoms with Gasteiger partial charge in [0.2, 0.25) is 5.91 Å². The largest absolute Gasteiger partial charge is 0.342 e. The molecule has 0 radical (unpaired) electrons. The summed E-state index contributed by atoms with van der Waals surface area (Å²) in [7, 11) is 0. The SMILES string of the molecule is CCN(CC)C(=O)CN1CCCC1CN. The van der Waals surface area contributed by atoms with Crippen LogP contribution in [0.25, 0.3) is 0 Å². The van der Waals surface area contributed by atoms with Crippen LogP contribution in [0.1, 0.15) is 26.7 Å². The number of carbonyl (C=O) groups excluding carboxylic acids is 1. The highest BCUT2D eigenvalue weighted by Gasteiger charge is 2.25. The van der Waals surface area contributed by atoms with E-state index in [0.29, 0.717) is 19.1 Å². The molecule has 0 aromatic rings. The highest BCUT2D eigenvalue weighted by Crippen LogP contribution is 2.15. The number of nitrogens with zero attached hydrogens (tertiary/aromatic N) is 2. The third-order valence-corrected chi connectivity index (χ3v) is 3.23. The van der Waals surface area contributed by atoms with Crippen LogP contribution in [0, 0.1) is 0 Å². The van der Waals surface area contributed by atoms with E-state index in [4.69, 9.17) is 5.73 Å². The molecule has 4 heteroatoms. The maximum atomic E-state index is 11.9. The van der Waals surface area contributed by atoms with Crippen LogP contribution >= 0.6 is 0 Å². The van der Waals surface area contributed by atoms with E-state index in [0.717, 1.165) is 26.1 Å². The topological polar surface area (TPSA) is 49.6 Å². The molecule has 0 bridgehead atoms. The van der Waals surface area contributed by atoms with Crippen molar-refractivity contribution in [2.24, 2.45) is 5.73 Å². The number of hydrogen-bond acceptors (Lipinski definition) is 3. The van der Waals surface area contributed by atoms with Gasteiger partial charge in [0.1, 0.15) is 0 Å². The fourth-order valence-electron chi connectivity index (χ4n) is 2.22. The van der Waals surface area contributed by atoms with E-state index in [1.54, 1.807) is 0 Å². The maximum absolute atomic E-state index is 11.9. The van der Waals surface area contributed by atoms with Gasteiger partial charge in [0.15, 0.2) is 0 Å². The summed E-state index contributed by atoms with van der Waals surface area (Å²) in [6.45, 7) is 7.88. The van der Waals surface area contributed by atoms with Gasteiger partial charge in [-0.15, -0.1) is 0 Å². The zero-order valence-electron chi connectivity index (χ0n) is 9.91. The Labute approximate surface area is 92.4 Å². The summed E-state index contributed by atoms with van der Waals surface area (Å²) >= 11 is 0. The molecule has 1 unspecified atom stereocenters. The Morgan fingerprint density at radius 1 is 1.47 bits per heavy atom. The Balaban J connectivity index is 2.42. The van der Waals surface area contributed by atoms with E-state index in [9.17, 15) is 4.79 Å². The Kier molecular flexibility index (Phi) is 5.05. The van der Waals surface area contributed by atoms with Gasteiger partial charge in [-0.2, -0.15) is 0 Å². The molecule has 1 aliphatic heterocycles. The molecule has 1 heterocycles. The molecular formula is C11H23N3O. The van der Waals surface area contributed by atoms with Gasteiger partial charge in [-0.25, -0.2) is 0 Å². The van der Waals surface area contributed by atoms with Crippen LogP contribution in [-0.4, -0.2) is 54.5 Å². The lowest BCUT2D eigenvalue weighted by atomic mass is 10.2. The van der Waals surface area contributed by atoms with E-state index in [-0.39, 0.29) is 5.91 Å². The normalized spacial score (nSPS) is 21.9. The first-order valence-corrected chi connectivity index (χ1v) is 5.94. The van der Waals surface area contributed by atoms with Gasteiger partial charge in [-0.05, 0) is 33.2 Å². The number of carbonyl (C=O) groups is 1. The van der Waals surface area contributed by atoms with Crippen molar-refractivity contribution in [2.45, 2.75) is 32.7 Å². The van der Waals surface area contributed by atoms with Crippen LogP contribution in [0.3, 0.4) is 0 Å². The highest BCUT2D eigenvalue weighted by atomic mass is 16.2. The molecule has 1 atom stereocenters. The molecule has 0 spiro atoms. The summed E-state index contributed by atoms with van der Waals surface area (Å²) in [5, 5.41) is 0. The fourth-order valence-corrected chi connectivity index (χ4v) is 2.22. The maximum Gasteiger partial charge on any atom is 0.236 e. The zero-order chi connectivity index (χ0) is 11.3. The van der Waals surface area contributed by atoms with E-state index in [1.165, 1.54) is 6.42 Å². The van der Waals surface area contributed by atoms with Crippen LogP contribution in [0.2, 0.25) is 0 Å². The minimum absolute atomic E-state index is 0.236. The fraction of sp³-hybridized carbons (Fsp3) is 0.909. The summed E-state index contributed by atoms with van der Waals surface area (Å²) in [4.78, 5) is 16.0. The molecule has 1 amide bonds. The molecule has 0 saturated carbocycles. The lowest BCUT2D eigenvalue weighted by Gasteiger charge is -2.26. The van der Waals surface area contributed by atoms with Gasteiger partial charge in [-0.1, -0.05) is 0 Å². The first kappa shape index (κ1) is 12.5. The number of hydrogen-bond donors (Lipinski definition) is 1. The van der Waals surface area contributed by atoms with Crippen molar-refractivity contribution in [1.29, 1.82) is 0 Å². The van der Waals surface area contributed by atoms with E-state index < -0.39 is 0 Å². The first-order valence-electron chi connectivity index (χ1n) is 5.94. The molecule has 2 N–H and O–H groups in total. The van der Waals surface area contributed by atoms with Crippen molar-refractivity contribution in [3.63, 3.8) is 0 Å². The van der Waals surface area contributed by atoms with Crippen molar-refractivity contribution in [3.8, 4) is 0 Å². The minimum atomic E-state index is 0.236. The standard InChI is InChI=1S/C11H23N3O/c1-3-13(4-2)11(15)9-14-7-5-6-10(14)8-12/h10H,3-9,12H2,1-2H3. The molecule has 15 heavy (non-hydrogen) atoms. The van der Waals surface area contributed by atoms with E-state index in [1.807, 2.05) is 18.7 Å². The summed E-state index contributed by atoms with van der Waals surface area (Å²) in [6.07, 6.45) is 2.31. The third kappa shape index (κ3) is 3.18. The van der Waals surface area contributed by atoms with Crippen molar-refractivity contribution in [1.82, 2.24) is 9.80 Å². The summed E-state index contributed by atoms with van der Waals surface area (Å²) in [5.41, 5.74) is 5.67. The molecule has 1 rings (SSSR count). The predicted molar refractivity (Wildman–Crippen MR) is 61.6 cm³/mol. The Morgan fingerprint density at radius 2 is 2.13 bits per heavy atom. The van der Waals surface area contributed by atoms with Crippen LogP contribution in [0.15, 0.2) is 0 Å². The molecule has 0 aliphatic carbocycles. The van der Waals surface area contributed by atoms with Crippen LogP contribution in [-0.2, 0) is 4.79 Å². The second-order valence-electron chi connectivity index (χ2n) is 4.07. The molecule has 1 aliphatic rings. The second-order valence-corrected chi connectivity index (χ2v) is 4.07. The van der Waals surface area contributed by atoms with Crippen LogP contribution < -0.4 is 5.73 Å². The Hall–Kier alpha value is -0.610. The minimum Gasteiger partial charge on any atom is -0.342 e. The number of nitrogens with two attached hydrogens (primary N) is 1. The van der Waals surface area contributed by atoms with Crippen molar-refractivity contribution >= 4 is 5.91 Å². The van der Waals surface area contributed by atoms with Crippen LogP contribution in [0.4, 0.5) is 0 Å². The molecule has 88 valence electrons. The Bertz CT molecular complexity index is 204. The van der Waals surface area contributed by atoms with Crippen molar-refractivity contribution < 1.29 is 4.79 Å². The average molecular weight is 213 g/mol. The van der Waals surface area contributed by atoms with Gasteiger partial charge in [0.25, 0.3) is 0 Å². The molecule has 1 saturated heterocycles. The van der Waals surface area contributed by atoms with Crippen molar-refractivity contribution in [3.05, 3.63) is 0 Å². The van der Waals surface area contributed by atoms with Crippen LogP contribution in [0.5, 0.6) is 0 Å². The molecule has 1 fully saturated rings. The van der Waals surface area contributed by atoms with E-state index >= 15 is 0 Å². The third-order valence-electron chi connectivity index (χ3n) is 3.23. The lowest BCUT2D eigenvalue weighted by Crippen LogP contribution is -2.44. The molecule has 0 aromatic heterocycles. The molecular weight excluding hydrogens is 190 g/mol. The predicted octanol–water partition coefficient (Wildman–Crippen LogP) is 0.278. The monoisotopic (exact) mass is 213 g/mol. The zero-order valence-corrected chi connectivity index (χ0v) is 9.91. The molecule has 4 nitrogen and oxygen atoms in total. The summed E-state index contributed by atoms with van der Waals surface area (Å²) in [6, 6.07) is 0.421. The number of likely N-dealkylation sites (tertiary alicyclic amines) is 1. The number of amides is 1. The van der Waals surface area contributed by atoms with Gasteiger partial charge in [0.05, 0.1) is 6.54 Å².